The number of nitrogens with zero attached hydrogens (tertiary/aromatic N) is 1. The number of nitrogens with one attached hydrogen (secondary N) is 1. The Bertz CT molecular complexity index is 783. The van der Waals surface area contributed by atoms with Gasteiger partial charge in [-0.3, -0.25) is 10.1 Å². The quantitative estimate of drug-likeness (QED) is 0.524. The molecule has 0 aliphatic carbocycles. The van der Waals surface area contributed by atoms with E-state index >= 15 is 0 Å². The van der Waals surface area contributed by atoms with E-state index in [0.717, 1.165) is 18.7 Å². The van der Waals surface area contributed by atoms with E-state index in [9.17, 15) is 14.9 Å². The molecule has 0 amide bonds. The van der Waals surface area contributed by atoms with Crippen molar-refractivity contribution in [2.45, 2.75) is 25.4 Å². The van der Waals surface area contributed by atoms with Crippen molar-refractivity contribution in [3.63, 3.8) is 0 Å². The third kappa shape index (κ3) is 3.39. The summed E-state index contributed by atoms with van der Waals surface area (Å²) in [5.41, 5.74) is 0.501. The third-order valence-electron chi connectivity index (χ3n) is 4.65. The molecule has 1 aliphatic heterocycles. The zero-order valence-corrected chi connectivity index (χ0v) is 14.0. The summed E-state index contributed by atoms with van der Waals surface area (Å²) in [7, 11) is 0. The van der Waals surface area contributed by atoms with Gasteiger partial charge in [0.15, 0.2) is 0 Å². The van der Waals surface area contributed by atoms with Crippen LogP contribution in [0.1, 0.15) is 34.3 Å². The van der Waals surface area contributed by atoms with Crippen LogP contribution in [0, 0.1) is 17.0 Å². The molecule has 1 aliphatic rings. The van der Waals surface area contributed by atoms with Crippen molar-refractivity contribution in [3.05, 3.63) is 75.3 Å². The van der Waals surface area contributed by atoms with Crippen LogP contribution in [0.2, 0.25) is 0 Å². The number of hydrogen-bond donors (Lipinski definition) is 1. The number of carbonyl (C=O) groups is 1. The molecule has 130 valence electrons. The molecule has 0 unspecified atom stereocenters. The Morgan fingerprint density at radius 3 is 2.44 bits per heavy atom. The van der Waals surface area contributed by atoms with Crippen LogP contribution in [-0.2, 0) is 10.3 Å². The first-order valence-electron chi connectivity index (χ1n) is 8.27. The molecule has 0 aromatic heterocycles. The van der Waals surface area contributed by atoms with Crippen LogP contribution in [0.25, 0.3) is 0 Å². The van der Waals surface area contributed by atoms with E-state index in [1.807, 2.05) is 30.3 Å². The van der Waals surface area contributed by atoms with Gasteiger partial charge in [-0.25, -0.2) is 4.79 Å². The van der Waals surface area contributed by atoms with E-state index in [1.54, 1.807) is 19.1 Å². The lowest BCUT2D eigenvalue weighted by molar-refractivity contribution is -0.385. The molecule has 1 fully saturated rings. The molecule has 0 radical (unpaired) electrons. The summed E-state index contributed by atoms with van der Waals surface area (Å²) < 4.78 is 5.94. The number of nitro groups is 1. The summed E-state index contributed by atoms with van der Waals surface area (Å²) in [5.74, 6) is -0.643. The lowest BCUT2D eigenvalue weighted by Crippen LogP contribution is -2.43. The Morgan fingerprint density at radius 2 is 1.80 bits per heavy atom. The molecule has 3 rings (SSSR count). The molecule has 0 saturated carbocycles. The Kier molecular flexibility index (Phi) is 4.81. The first-order valence-corrected chi connectivity index (χ1v) is 8.27. The molecule has 0 bridgehead atoms. The average molecular weight is 340 g/mol. The Hall–Kier alpha value is -2.73. The van der Waals surface area contributed by atoms with Crippen molar-refractivity contribution in [2.24, 2.45) is 0 Å². The highest BCUT2D eigenvalue weighted by Gasteiger charge is 2.39. The monoisotopic (exact) mass is 340 g/mol. The highest BCUT2D eigenvalue weighted by Crippen LogP contribution is 2.37. The van der Waals surface area contributed by atoms with E-state index in [4.69, 9.17) is 4.74 Å². The number of nitro benzene ring substituents is 1. The molecule has 1 N–H and O–H groups in total. The second-order valence-corrected chi connectivity index (χ2v) is 6.23. The van der Waals surface area contributed by atoms with Crippen molar-refractivity contribution in [1.29, 1.82) is 0 Å². The summed E-state index contributed by atoms with van der Waals surface area (Å²) in [6, 6.07) is 14.2. The molecular weight excluding hydrogens is 320 g/mol. The number of piperidine rings is 1. The van der Waals surface area contributed by atoms with Crippen LogP contribution >= 0.6 is 0 Å². The summed E-state index contributed by atoms with van der Waals surface area (Å²) in [5, 5.41) is 14.6. The van der Waals surface area contributed by atoms with Gasteiger partial charge in [0, 0.05) is 18.9 Å². The predicted molar refractivity (Wildman–Crippen MR) is 93.5 cm³/mol. The number of hydrogen-bond acceptors (Lipinski definition) is 5. The van der Waals surface area contributed by atoms with Crippen molar-refractivity contribution in [1.82, 2.24) is 5.32 Å². The van der Waals surface area contributed by atoms with E-state index in [0.29, 0.717) is 18.4 Å². The molecule has 0 spiro atoms. The van der Waals surface area contributed by atoms with Crippen LogP contribution < -0.4 is 5.32 Å². The SMILES string of the molecule is Cc1cccc([N+](=O)[O-])c1C(=O)OC1(c2ccccc2)CCNCC1. The van der Waals surface area contributed by atoms with E-state index in [-0.39, 0.29) is 11.3 Å². The van der Waals surface area contributed by atoms with Gasteiger partial charge in [-0.2, -0.15) is 0 Å². The fourth-order valence-electron chi connectivity index (χ4n) is 3.32. The fraction of sp³-hybridized carbons (Fsp3) is 0.316. The van der Waals surface area contributed by atoms with Gasteiger partial charge in [0.25, 0.3) is 5.69 Å². The van der Waals surface area contributed by atoms with Crippen molar-refractivity contribution < 1.29 is 14.5 Å². The van der Waals surface area contributed by atoms with Crippen LogP contribution in [-0.4, -0.2) is 24.0 Å². The van der Waals surface area contributed by atoms with Gasteiger partial charge in [0.05, 0.1) is 4.92 Å². The van der Waals surface area contributed by atoms with Crippen LogP contribution in [0.3, 0.4) is 0 Å². The van der Waals surface area contributed by atoms with Crippen LogP contribution in [0.15, 0.2) is 48.5 Å². The molecule has 1 saturated heterocycles. The first kappa shape index (κ1) is 17.1. The number of benzene rings is 2. The molecule has 1 heterocycles. The fourth-order valence-corrected chi connectivity index (χ4v) is 3.32. The minimum Gasteiger partial charge on any atom is -0.450 e. The van der Waals surface area contributed by atoms with Crippen molar-refractivity contribution >= 4 is 11.7 Å². The number of esters is 1. The minimum absolute atomic E-state index is 0.0290. The maximum absolute atomic E-state index is 12.9. The normalized spacial score (nSPS) is 16.2. The number of aryl methyl sites for hydroxylation is 1. The van der Waals surface area contributed by atoms with Gasteiger partial charge in [-0.05, 0) is 31.1 Å². The average Bonchev–Trinajstić information content (AvgIpc) is 2.62. The van der Waals surface area contributed by atoms with Gasteiger partial charge in [-0.1, -0.05) is 42.5 Å². The van der Waals surface area contributed by atoms with Crippen molar-refractivity contribution in [2.75, 3.05) is 13.1 Å². The molecular formula is C19H20N2O4. The highest BCUT2D eigenvalue weighted by molar-refractivity contribution is 5.95. The molecule has 0 atom stereocenters. The smallest absolute Gasteiger partial charge is 0.346 e. The van der Waals surface area contributed by atoms with Crippen molar-refractivity contribution in [3.8, 4) is 0 Å². The summed E-state index contributed by atoms with van der Waals surface area (Å²) in [4.78, 5) is 23.7. The largest absolute Gasteiger partial charge is 0.450 e. The zero-order valence-electron chi connectivity index (χ0n) is 14.0. The summed E-state index contributed by atoms with van der Waals surface area (Å²) >= 11 is 0. The standard InChI is InChI=1S/C19H20N2O4/c1-14-6-5-9-16(21(23)24)17(14)18(22)25-19(10-12-20-13-11-19)15-7-3-2-4-8-15/h2-9,20H,10-13H2,1H3. The van der Waals surface area contributed by atoms with Gasteiger partial charge < -0.3 is 10.1 Å². The number of rotatable bonds is 4. The molecule has 6 nitrogen and oxygen atoms in total. The minimum atomic E-state index is -0.764. The summed E-state index contributed by atoms with van der Waals surface area (Å²) in [6.45, 7) is 3.12. The topological polar surface area (TPSA) is 81.5 Å². The number of ether oxygens (including phenoxy) is 1. The number of carbonyl (C=O) groups excluding carboxylic acids is 1. The van der Waals surface area contributed by atoms with Gasteiger partial charge >= 0.3 is 5.97 Å². The predicted octanol–water partition coefficient (Wildman–Crippen LogP) is 3.34. The molecule has 25 heavy (non-hydrogen) atoms. The van der Waals surface area contributed by atoms with Gasteiger partial charge in [0.1, 0.15) is 11.2 Å². The van der Waals surface area contributed by atoms with E-state index in [2.05, 4.69) is 5.32 Å². The zero-order chi connectivity index (χ0) is 17.9. The maximum atomic E-state index is 12.9. The Balaban J connectivity index is 1.99. The lowest BCUT2D eigenvalue weighted by Gasteiger charge is -2.37. The first-order chi connectivity index (χ1) is 12.0. The molecule has 2 aromatic rings. The lowest BCUT2D eigenvalue weighted by atomic mass is 9.84. The molecule has 6 heteroatoms. The third-order valence-corrected chi connectivity index (χ3v) is 4.65. The Labute approximate surface area is 146 Å². The highest BCUT2D eigenvalue weighted by atomic mass is 16.6. The van der Waals surface area contributed by atoms with Crippen LogP contribution in [0.4, 0.5) is 5.69 Å². The van der Waals surface area contributed by atoms with Gasteiger partial charge in [0.2, 0.25) is 0 Å². The van der Waals surface area contributed by atoms with Gasteiger partial charge in [-0.15, -0.1) is 0 Å². The van der Waals surface area contributed by atoms with Crippen LogP contribution in [0.5, 0.6) is 0 Å². The second-order valence-electron chi connectivity index (χ2n) is 6.23. The molecule has 2 aromatic carbocycles. The maximum Gasteiger partial charge on any atom is 0.346 e. The Morgan fingerprint density at radius 1 is 1.12 bits per heavy atom. The van der Waals surface area contributed by atoms with E-state index in [1.165, 1.54) is 6.07 Å². The second kappa shape index (κ2) is 7.03. The summed E-state index contributed by atoms with van der Waals surface area (Å²) in [6.07, 6.45) is 1.25. The van der Waals surface area contributed by atoms with E-state index < -0.39 is 16.5 Å².